The summed E-state index contributed by atoms with van der Waals surface area (Å²) >= 11 is 0. The fourth-order valence-corrected chi connectivity index (χ4v) is 1.69. The van der Waals surface area contributed by atoms with E-state index in [0.29, 0.717) is 6.54 Å². The second-order valence-corrected chi connectivity index (χ2v) is 3.79. The molecule has 4 N–H and O–H groups in total. The van der Waals surface area contributed by atoms with Crippen molar-refractivity contribution in [1.82, 2.24) is 0 Å². The molecule has 94 valence electrons. The Morgan fingerprint density at radius 3 is 2.65 bits per heavy atom. The minimum Gasteiger partial charge on any atom is -0.478 e. The molecule has 0 aromatic heterocycles. The molecule has 1 aromatic rings. The van der Waals surface area contributed by atoms with Crippen LogP contribution >= 0.6 is 0 Å². The highest BCUT2D eigenvalue weighted by Gasteiger charge is 2.12. The van der Waals surface area contributed by atoms with Crippen LogP contribution in [0.4, 0.5) is 11.4 Å². The zero-order valence-electron chi connectivity index (χ0n) is 9.89. The number of rotatable bonds is 6. The Hall–Kier alpha value is -1.75. The topological polar surface area (TPSA) is 86.8 Å². The first-order valence-corrected chi connectivity index (χ1v) is 5.58. The van der Waals surface area contributed by atoms with E-state index in [9.17, 15) is 4.79 Å². The van der Waals surface area contributed by atoms with Gasteiger partial charge < -0.3 is 20.8 Å². The minimum absolute atomic E-state index is 0.0345. The molecule has 0 radical (unpaired) electrons. The van der Waals surface area contributed by atoms with Gasteiger partial charge in [-0.1, -0.05) is 6.92 Å². The Labute approximate surface area is 100 Å². The monoisotopic (exact) mass is 238 g/mol. The lowest BCUT2D eigenvalue weighted by atomic mass is 10.1. The number of nitrogens with two attached hydrogens (primary N) is 1. The number of carboxylic acid groups (broad SMARTS) is 1. The van der Waals surface area contributed by atoms with Gasteiger partial charge in [0, 0.05) is 24.5 Å². The highest BCUT2D eigenvalue weighted by atomic mass is 16.4. The lowest BCUT2D eigenvalue weighted by Crippen LogP contribution is -2.27. The SMILES string of the molecule is CCCN(CCO)c1ccc(N)c(C(=O)O)c1. The Bertz CT molecular complexity index is 387. The summed E-state index contributed by atoms with van der Waals surface area (Å²) in [5.74, 6) is -1.04. The summed E-state index contributed by atoms with van der Waals surface area (Å²) in [4.78, 5) is 12.9. The number of anilines is 2. The van der Waals surface area contributed by atoms with Gasteiger partial charge in [0.1, 0.15) is 0 Å². The standard InChI is InChI=1S/C12H18N2O3/c1-2-5-14(6-7-15)9-3-4-11(13)10(8-9)12(16)17/h3-4,8,15H,2,5-7,13H2,1H3,(H,16,17). The molecular weight excluding hydrogens is 220 g/mol. The van der Waals surface area contributed by atoms with E-state index in [1.54, 1.807) is 18.2 Å². The Morgan fingerprint density at radius 2 is 2.12 bits per heavy atom. The molecule has 5 heteroatoms. The molecule has 0 spiro atoms. The van der Waals surface area contributed by atoms with Crippen molar-refractivity contribution in [3.05, 3.63) is 23.8 Å². The zero-order chi connectivity index (χ0) is 12.8. The van der Waals surface area contributed by atoms with Crippen LogP contribution in [-0.4, -0.2) is 35.9 Å². The Morgan fingerprint density at radius 1 is 1.41 bits per heavy atom. The number of aliphatic hydroxyl groups excluding tert-OH is 1. The van der Waals surface area contributed by atoms with Crippen molar-refractivity contribution in [2.75, 3.05) is 30.3 Å². The molecule has 0 amide bonds. The number of aromatic carboxylic acids is 1. The number of nitrogens with zero attached hydrogens (tertiary/aromatic N) is 1. The van der Waals surface area contributed by atoms with Crippen LogP contribution in [0.2, 0.25) is 0 Å². The van der Waals surface area contributed by atoms with Crippen molar-refractivity contribution >= 4 is 17.3 Å². The number of carbonyl (C=O) groups is 1. The van der Waals surface area contributed by atoms with Gasteiger partial charge in [-0.15, -0.1) is 0 Å². The maximum Gasteiger partial charge on any atom is 0.337 e. The maximum atomic E-state index is 11.0. The van der Waals surface area contributed by atoms with Crippen molar-refractivity contribution in [3.8, 4) is 0 Å². The van der Waals surface area contributed by atoms with Crippen molar-refractivity contribution in [2.45, 2.75) is 13.3 Å². The molecule has 0 aliphatic heterocycles. The van der Waals surface area contributed by atoms with Gasteiger partial charge in [-0.05, 0) is 24.6 Å². The van der Waals surface area contributed by atoms with E-state index in [0.717, 1.165) is 18.7 Å². The molecule has 17 heavy (non-hydrogen) atoms. The van der Waals surface area contributed by atoms with Crippen molar-refractivity contribution in [2.24, 2.45) is 0 Å². The van der Waals surface area contributed by atoms with Crippen molar-refractivity contribution in [3.63, 3.8) is 0 Å². The van der Waals surface area contributed by atoms with Crippen LogP contribution in [0.5, 0.6) is 0 Å². The summed E-state index contributed by atoms with van der Waals surface area (Å²) in [6.45, 7) is 3.31. The van der Waals surface area contributed by atoms with Crippen LogP contribution in [0.25, 0.3) is 0 Å². The Kier molecular flexibility index (Phi) is 4.78. The number of aliphatic hydroxyl groups is 1. The average molecular weight is 238 g/mol. The highest BCUT2D eigenvalue weighted by molar-refractivity contribution is 5.94. The Balaban J connectivity index is 3.03. The smallest absolute Gasteiger partial charge is 0.337 e. The molecule has 0 saturated heterocycles. The molecular formula is C12H18N2O3. The van der Waals surface area contributed by atoms with Gasteiger partial charge >= 0.3 is 5.97 Å². The summed E-state index contributed by atoms with van der Waals surface area (Å²) in [6.07, 6.45) is 0.923. The second-order valence-electron chi connectivity index (χ2n) is 3.79. The van der Waals surface area contributed by atoms with Gasteiger partial charge in [0.05, 0.1) is 12.2 Å². The van der Waals surface area contributed by atoms with Gasteiger partial charge in [0.15, 0.2) is 0 Å². The van der Waals surface area contributed by atoms with Gasteiger partial charge in [0.25, 0.3) is 0 Å². The van der Waals surface area contributed by atoms with Crippen LogP contribution < -0.4 is 10.6 Å². The highest BCUT2D eigenvalue weighted by Crippen LogP contribution is 2.21. The van der Waals surface area contributed by atoms with E-state index in [2.05, 4.69) is 0 Å². The summed E-state index contributed by atoms with van der Waals surface area (Å²) in [6, 6.07) is 4.90. The minimum atomic E-state index is -1.04. The molecule has 0 aliphatic rings. The number of hydrogen-bond donors (Lipinski definition) is 3. The molecule has 0 fully saturated rings. The summed E-state index contributed by atoms with van der Waals surface area (Å²) < 4.78 is 0. The van der Waals surface area contributed by atoms with E-state index >= 15 is 0 Å². The van der Waals surface area contributed by atoms with Crippen LogP contribution in [0.3, 0.4) is 0 Å². The molecule has 0 unspecified atom stereocenters. The van der Waals surface area contributed by atoms with Gasteiger partial charge in [0.2, 0.25) is 0 Å². The molecule has 0 atom stereocenters. The normalized spacial score (nSPS) is 10.2. The van der Waals surface area contributed by atoms with E-state index in [1.807, 2.05) is 11.8 Å². The molecule has 1 aromatic carbocycles. The van der Waals surface area contributed by atoms with Crippen molar-refractivity contribution < 1.29 is 15.0 Å². The molecule has 0 aliphatic carbocycles. The molecule has 5 nitrogen and oxygen atoms in total. The van der Waals surface area contributed by atoms with Crippen LogP contribution in [0, 0.1) is 0 Å². The second kappa shape index (κ2) is 6.10. The quantitative estimate of drug-likeness (QED) is 0.648. The maximum absolute atomic E-state index is 11.0. The van der Waals surface area contributed by atoms with Gasteiger partial charge in [-0.25, -0.2) is 4.79 Å². The first-order chi connectivity index (χ1) is 8.10. The summed E-state index contributed by atoms with van der Waals surface area (Å²) in [5.41, 5.74) is 6.71. The van der Waals surface area contributed by atoms with Crippen molar-refractivity contribution in [1.29, 1.82) is 0 Å². The predicted octanol–water partition coefficient (Wildman–Crippen LogP) is 1.18. The number of benzene rings is 1. The third-order valence-corrected chi connectivity index (χ3v) is 2.50. The lowest BCUT2D eigenvalue weighted by molar-refractivity contribution is 0.0698. The van der Waals surface area contributed by atoms with Crippen LogP contribution in [0.1, 0.15) is 23.7 Å². The van der Waals surface area contributed by atoms with E-state index in [1.165, 1.54) is 0 Å². The summed E-state index contributed by atoms with van der Waals surface area (Å²) in [7, 11) is 0. The van der Waals surface area contributed by atoms with Gasteiger partial charge in [-0.3, -0.25) is 0 Å². The van der Waals surface area contributed by atoms with E-state index < -0.39 is 5.97 Å². The first kappa shape index (κ1) is 13.3. The number of nitrogen functional groups attached to an aromatic ring is 1. The molecule has 0 bridgehead atoms. The third kappa shape index (κ3) is 3.35. The van der Waals surface area contributed by atoms with Crippen LogP contribution in [-0.2, 0) is 0 Å². The predicted molar refractivity (Wildman–Crippen MR) is 67.4 cm³/mol. The number of carboxylic acids is 1. The lowest BCUT2D eigenvalue weighted by Gasteiger charge is -2.23. The average Bonchev–Trinajstić information content (AvgIpc) is 2.29. The molecule has 1 rings (SSSR count). The van der Waals surface area contributed by atoms with Crippen LogP contribution in [0.15, 0.2) is 18.2 Å². The van der Waals surface area contributed by atoms with E-state index in [4.69, 9.17) is 15.9 Å². The van der Waals surface area contributed by atoms with E-state index in [-0.39, 0.29) is 17.9 Å². The molecule has 0 heterocycles. The molecule has 0 saturated carbocycles. The van der Waals surface area contributed by atoms with Gasteiger partial charge in [-0.2, -0.15) is 0 Å². The summed E-state index contributed by atoms with van der Waals surface area (Å²) in [5, 5.41) is 18.0. The third-order valence-electron chi connectivity index (χ3n) is 2.50. The fraction of sp³-hybridized carbons (Fsp3) is 0.417. The largest absolute Gasteiger partial charge is 0.478 e. The fourth-order valence-electron chi connectivity index (χ4n) is 1.69. The zero-order valence-corrected chi connectivity index (χ0v) is 9.89. The first-order valence-electron chi connectivity index (χ1n) is 5.58. The number of hydrogen-bond acceptors (Lipinski definition) is 4.